The minimum absolute atomic E-state index is 0.0666. The van der Waals surface area contributed by atoms with Crippen molar-refractivity contribution in [1.82, 2.24) is 0 Å². The molecule has 0 aliphatic heterocycles. The number of aliphatic hydroxyl groups is 1. The second kappa shape index (κ2) is 8.05. The monoisotopic (exact) mass is 351 g/mol. The normalized spacial score (nSPS) is 13.3. The van der Waals surface area contributed by atoms with Crippen LogP contribution in [0.15, 0.2) is 59.5 Å². The van der Waals surface area contributed by atoms with Crippen LogP contribution in [0.1, 0.15) is 18.1 Å². The van der Waals surface area contributed by atoms with Crippen molar-refractivity contribution in [3.8, 4) is 0 Å². The fraction of sp³-hybridized carbons (Fsp3) is 0.235. The Bertz CT molecular complexity index is 768. The van der Waals surface area contributed by atoms with Gasteiger partial charge in [-0.15, -0.1) is 0 Å². The predicted molar refractivity (Wildman–Crippen MR) is 91.0 cm³/mol. The predicted octanol–water partition coefficient (Wildman–Crippen LogP) is 1.71. The zero-order valence-corrected chi connectivity index (χ0v) is 14.3. The zero-order chi connectivity index (χ0) is 18.4. The summed E-state index contributed by atoms with van der Waals surface area (Å²) in [5.74, 6) is -0.698. The number of hydrogen-bond acceptors (Lipinski definition) is 4. The van der Waals surface area contributed by atoms with E-state index in [1.807, 2.05) is 37.3 Å². The number of rotatable bonds is 4. The highest BCUT2D eigenvalue weighted by Crippen LogP contribution is 2.12. The lowest BCUT2D eigenvalue weighted by Crippen LogP contribution is -2.42. The van der Waals surface area contributed by atoms with Gasteiger partial charge in [-0.25, -0.2) is 0 Å². The number of hydrogen-bond donors (Lipinski definition) is 3. The Labute approximate surface area is 141 Å². The van der Waals surface area contributed by atoms with Crippen LogP contribution < -0.4 is 5.73 Å². The molecule has 2 aromatic carbocycles. The van der Waals surface area contributed by atoms with Gasteiger partial charge in [0.15, 0.2) is 0 Å². The molecule has 0 fully saturated rings. The molecule has 24 heavy (non-hydrogen) atoms. The highest BCUT2D eigenvalue weighted by Gasteiger charge is 2.27. The number of carbonyl (C=O) groups excluding carboxylic acids is 1. The molecule has 0 heterocycles. The minimum Gasteiger partial charge on any atom is -0.380 e. The standard InChI is InChI=1S/C10H13NO2.C7H8O3S/c1-10(13,9(11)12)7-8-5-3-2-4-6-8;1-6-2-4-7(5-3-6)11(8,9)10/h2-6,13H,7H2,1H3,(H2,11,12);2-5H,1H3,(H,8,9,10). The van der Waals surface area contributed by atoms with Gasteiger partial charge in [0, 0.05) is 6.42 Å². The van der Waals surface area contributed by atoms with E-state index in [0.717, 1.165) is 11.1 Å². The summed E-state index contributed by atoms with van der Waals surface area (Å²) in [6.45, 7) is 3.26. The Morgan fingerprint density at radius 2 is 1.58 bits per heavy atom. The maximum absolute atomic E-state index is 10.8. The van der Waals surface area contributed by atoms with Crippen molar-refractivity contribution in [2.24, 2.45) is 5.73 Å². The SMILES string of the molecule is CC(O)(Cc1ccccc1)C(N)=O.Cc1ccc(S(=O)(=O)O)cc1. The quantitative estimate of drug-likeness (QED) is 0.725. The molecule has 1 atom stereocenters. The van der Waals surface area contributed by atoms with Crippen molar-refractivity contribution in [3.05, 3.63) is 65.7 Å². The Balaban J connectivity index is 0.000000243. The Kier molecular flexibility index (Phi) is 6.65. The lowest BCUT2D eigenvalue weighted by Gasteiger charge is -2.18. The van der Waals surface area contributed by atoms with Crippen LogP contribution in [0.2, 0.25) is 0 Å². The number of carbonyl (C=O) groups is 1. The minimum atomic E-state index is -4.02. The maximum atomic E-state index is 10.8. The molecule has 2 aromatic rings. The van der Waals surface area contributed by atoms with Gasteiger partial charge < -0.3 is 10.8 Å². The van der Waals surface area contributed by atoms with Gasteiger partial charge in [0.2, 0.25) is 5.91 Å². The molecular formula is C17H21NO5S. The van der Waals surface area contributed by atoms with Crippen LogP contribution in [0.5, 0.6) is 0 Å². The van der Waals surface area contributed by atoms with Crippen LogP contribution in [0.25, 0.3) is 0 Å². The van der Waals surface area contributed by atoms with E-state index in [4.69, 9.17) is 10.3 Å². The van der Waals surface area contributed by atoms with E-state index in [1.165, 1.54) is 19.1 Å². The van der Waals surface area contributed by atoms with Gasteiger partial charge in [0.25, 0.3) is 10.1 Å². The summed E-state index contributed by atoms with van der Waals surface area (Å²) in [6, 6.07) is 15.3. The summed E-state index contributed by atoms with van der Waals surface area (Å²) in [4.78, 5) is 10.7. The van der Waals surface area contributed by atoms with E-state index in [9.17, 15) is 18.3 Å². The van der Waals surface area contributed by atoms with Crippen molar-refractivity contribution in [1.29, 1.82) is 0 Å². The van der Waals surface area contributed by atoms with E-state index in [2.05, 4.69) is 0 Å². The molecule has 0 aromatic heterocycles. The van der Waals surface area contributed by atoms with Crippen molar-refractivity contribution >= 4 is 16.0 Å². The number of nitrogens with two attached hydrogens (primary N) is 1. The lowest BCUT2D eigenvalue weighted by molar-refractivity contribution is -0.134. The van der Waals surface area contributed by atoms with Crippen molar-refractivity contribution in [2.45, 2.75) is 30.8 Å². The molecule has 0 saturated carbocycles. The Morgan fingerprint density at radius 3 is 2.00 bits per heavy atom. The fourth-order valence-electron chi connectivity index (χ4n) is 1.79. The van der Waals surface area contributed by atoms with Crippen LogP contribution >= 0.6 is 0 Å². The van der Waals surface area contributed by atoms with Crippen molar-refractivity contribution < 1.29 is 22.9 Å². The molecule has 0 spiro atoms. The summed E-state index contributed by atoms with van der Waals surface area (Å²) >= 11 is 0. The highest BCUT2D eigenvalue weighted by atomic mass is 32.2. The van der Waals surface area contributed by atoms with Crippen LogP contribution in [0.3, 0.4) is 0 Å². The zero-order valence-electron chi connectivity index (χ0n) is 13.5. The van der Waals surface area contributed by atoms with Gasteiger partial charge in [-0.2, -0.15) is 8.42 Å². The number of amides is 1. The summed E-state index contributed by atoms with van der Waals surface area (Å²) in [5.41, 5.74) is 5.42. The molecule has 0 saturated heterocycles. The van der Waals surface area contributed by atoms with Gasteiger partial charge >= 0.3 is 0 Å². The van der Waals surface area contributed by atoms with Gasteiger partial charge in [-0.3, -0.25) is 9.35 Å². The molecule has 0 bridgehead atoms. The molecule has 2 rings (SSSR count). The summed E-state index contributed by atoms with van der Waals surface area (Å²) in [7, 11) is -4.02. The van der Waals surface area contributed by atoms with Crippen LogP contribution in [0.4, 0.5) is 0 Å². The third-order valence-corrected chi connectivity index (χ3v) is 4.11. The molecule has 0 aliphatic carbocycles. The molecule has 0 aliphatic rings. The van der Waals surface area contributed by atoms with Crippen molar-refractivity contribution in [3.63, 3.8) is 0 Å². The van der Waals surface area contributed by atoms with E-state index < -0.39 is 21.6 Å². The lowest BCUT2D eigenvalue weighted by atomic mass is 9.96. The second-order valence-corrected chi connectivity index (χ2v) is 7.01. The topological polar surface area (TPSA) is 118 Å². The van der Waals surface area contributed by atoms with E-state index in [0.29, 0.717) is 0 Å². The first kappa shape index (κ1) is 19.8. The molecule has 130 valence electrons. The smallest absolute Gasteiger partial charge is 0.294 e. The van der Waals surface area contributed by atoms with Gasteiger partial charge in [-0.1, -0.05) is 48.0 Å². The van der Waals surface area contributed by atoms with Crippen LogP contribution in [-0.4, -0.2) is 29.6 Å². The molecule has 7 heteroatoms. The maximum Gasteiger partial charge on any atom is 0.294 e. The summed E-state index contributed by atoms with van der Waals surface area (Å²) in [6.07, 6.45) is 0.253. The van der Waals surface area contributed by atoms with Crippen molar-refractivity contribution in [2.75, 3.05) is 0 Å². The first-order valence-electron chi connectivity index (χ1n) is 7.13. The molecule has 6 nitrogen and oxygen atoms in total. The highest BCUT2D eigenvalue weighted by molar-refractivity contribution is 7.85. The Hall–Kier alpha value is -2.22. The first-order valence-corrected chi connectivity index (χ1v) is 8.57. The van der Waals surface area contributed by atoms with Gasteiger partial charge in [0.1, 0.15) is 5.60 Å². The molecule has 1 unspecified atom stereocenters. The molecule has 4 N–H and O–H groups in total. The Morgan fingerprint density at radius 1 is 1.08 bits per heavy atom. The van der Waals surface area contributed by atoms with E-state index >= 15 is 0 Å². The van der Waals surface area contributed by atoms with Gasteiger partial charge in [0.05, 0.1) is 4.90 Å². The average Bonchev–Trinajstić information content (AvgIpc) is 2.48. The second-order valence-electron chi connectivity index (χ2n) is 5.59. The van der Waals surface area contributed by atoms with E-state index in [1.54, 1.807) is 12.1 Å². The summed E-state index contributed by atoms with van der Waals surface area (Å²) < 4.78 is 29.6. The summed E-state index contributed by atoms with van der Waals surface area (Å²) in [5, 5.41) is 9.57. The fourth-order valence-corrected chi connectivity index (χ4v) is 2.27. The third-order valence-electron chi connectivity index (χ3n) is 3.24. The molecule has 1 amide bonds. The number of benzene rings is 2. The van der Waals surface area contributed by atoms with Crippen LogP contribution in [0, 0.1) is 6.92 Å². The largest absolute Gasteiger partial charge is 0.380 e. The van der Waals surface area contributed by atoms with Gasteiger partial charge in [-0.05, 0) is 31.5 Å². The molecular weight excluding hydrogens is 330 g/mol. The average molecular weight is 351 g/mol. The first-order chi connectivity index (χ1) is 11.0. The number of aryl methyl sites for hydroxylation is 1. The third kappa shape index (κ3) is 6.49. The van der Waals surface area contributed by atoms with Crippen LogP contribution in [-0.2, 0) is 21.3 Å². The molecule has 0 radical (unpaired) electrons. The number of primary amides is 1. The van der Waals surface area contributed by atoms with E-state index in [-0.39, 0.29) is 11.3 Å².